The lowest BCUT2D eigenvalue weighted by Crippen LogP contribution is -2.39. The van der Waals surface area contributed by atoms with E-state index in [1.165, 1.54) is 19.1 Å². The Balaban J connectivity index is 2.40. The van der Waals surface area contributed by atoms with Gasteiger partial charge in [-0.3, -0.25) is 8.98 Å². The van der Waals surface area contributed by atoms with E-state index >= 15 is 0 Å². The highest BCUT2D eigenvalue weighted by Gasteiger charge is 2.18. The van der Waals surface area contributed by atoms with Crippen molar-refractivity contribution in [2.75, 3.05) is 6.61 Å². The topological polar surface area (TPSA) is 110 Å². The van der Waals surface area contributed by atoms with Gasteiger partial charge >= 0.3 is 5.97 Å². The summed E-state index contributed by atoms with van der Waals surface area (Å²) >= 11 is 0. The number of carbonyl (C=O) groups excluding carboxylic acids is 1. The second-order valence-electron chi connectivity index (χ2n) is 5.18. The van der Waals surface area contributed by atoms with Crippen molar-refractivity contribution >= 4 is 22.0 Å². The lowest BCUT2D eigenvalue weighted by Gasteiger charge is -2.12. The first-order chi connectivity index (χ1) is 10.7. The van der Waals surface area contributed by atoms with Crippen LogP contribution in [0.25, 0.3) is 0 Å². The maximum Gasteiger partial charge on any atom is 0.326 e. The maximum atomic E-state index is 11.9. The van der Waals surface area contributed by atoms with Crippen molar-refractivity contribution in [2.45, 2.75) is 44.0 Å². The zero-order valence-corrected chi connectivity index (χ0v) is 13.9. The van der Waals surface area contributed by atoms with Crippen LogP contribution in [-0.2, 0) is 23.9 Å². The molecule has 1 rings (SSSR count). The van der Waals surface area contributed by atoms with Gasteiger partial charge in [0.05, 0.1) is 11.5 Å². The number of nitrogens with one attached hydrogen (secondary N) is 1. The molecule has 0 spiro atoms. The van der Waals surface area contributed by atoms with Gasteiger partial charge in [-0.25, -0.2) is 4.79 Å². The Morgan fingerprint density at radius 1 is 1.22 bits per heavy atom. The van der Waals surface area contributed by atoms with Gasteiger partial charge in [0, 0.05) is 6.92 Å². The Labute approximate surface area is 135 Å². The number of benzene rings is 1. The minimum atomic E-state index is -3.80. The second-order valence-corrected chi connectivity index (χ2v) is 6.79. The molecular weight excluding hydrogens is 322 g/mol. The molecule has 2 N–H and O–H groups in total. The van der Waals surface area contributed by atoms with Crippen molar-refractivity contribution in [2.24, 2.45) is 0 Å². The summed E-state index contributed by atoms with van der Waals surface area (Å²) < 4.78 is 28.8. The van der Waals surface area contributed by atoms with Crippen LogP contribution in [-0.4, -0.2) is 38.0 Å². The molecule has 0 aliphatic rings. The van der Waals surface area contributed by atoms with E-state index in [4.69, 9.17) is 9.29 Å². The predicted molar refractivity (Wildman–Crippen MR) is 83.4 cm³/mol. The molecule has 0 saturated carbocycles. The van der Waals surface area contributed by atoms with Crippen LogP contribution in [0.2, 0.25) is 0 Å². The predicted octanol–water partition coefficient (Wildman–Crippen LogP) is 1.46. The average molecular weight is 343 g/mol. The summed E-state index contributed by atoms with van der Waals surface area (Å²) in [5, 5.41) is 11.3. The standard InChI is InChI=1S/C15H21NO6S/c1-11-6-8-13(9-7-11)23(20,21)22-10-4-3-5-14(15(18)19)16-12(2)17/h6-9,14H,3-5,10H2,1-2H3,(H,16,17)(H,18,19). The van der Waals surface area contributed by atoms with Crippen molar-refractivity contribution in [3.63, 3.8) is 0 Å². The first kappa shape index (κ1) is 19.1. The van der Waals surface area contributed by atoms with Gasteiger partial charge in [-0.1, -0.05) is 17.7 Å². The summed E-state index contributed by atoms with van der Waals surface area (Å²) in [4.78, 5) is 21.9. The lowest BCUT2D eigenvalue weighted by atomic mass is 10.1. The third-order valence-electron chi connectivity index (χ3n) is 3.11. The molecule has 1 aromatic carbocycles. The maximum absolute atomic E-state index is 11.9. The monoisotopic (exact) mass is 343 g/mol. The summed E-state index contributed by atoms with van der Waals surface area (Å²) in [6.45, 7) is 3.06. The number of aryl methyl sites for hydroxylation is 1. The summed E-state index contributed by atoms with van der Waals surface area (Å²) in [7, 11) is -3.80. The van der Waals surface area contributed by atoms with E-state index < -0.39 is 28.0 Å². The highest BCUT2D eigenvalue weighted by molar-refractivity contribution is 7.86. The molecule has 128 valence electrons. The van der Waals surface area contributed by atoms with Crippen molar-refractivity contribution in [1.82, 2.24) is 5.32 Å². The number of aliphatic carboxylic acids is 1. The van der Waals surface area contributed by atoms with Crippen LogP contribution in [0, 0.1) is 6.92 Å². The molecule has 1 unspecified atom stereocenters. The van der Waals surface area contributed by atoms with Gasteiger partial charge in [0.2, 0.25) is 5.91 Å². The van der Waals surface area contributed by atoms with E-state index in [-0.39, 0.29) is 17.9 Å². The SMILES string of the molecule is CC(=O)NC(CCCCOS(=O)(=O)c1ccc(C)cc1)C(=O)O. The number of amides is 1. The van der Waals surface area contributed by atoms with Crippen LogP contribution in [0.1, 0.15) is 31.7 Å². The Bertz CT molecular complexity index is 638. The number of carboxylic acid groups (broad SMARTS) is 1. The Kier molecular flexibility index (Phi) is 7.18. The highest BCUT2D eigenvalue weighted by atomic mass is 32.2. The molecule has 0 aliphatic heterocycles. The molecule has 8 heteroatoms. The van der Waals surface area contributed by atoms with E-state index in [2.05, 4.69) is 5.32 Å². The Hall–Kier alpha value is -1.93. The normalized spacial score (nSPS) is 12.6. The smallest absolute Gasteiger partial charge is 0.326 e. The molecular formula is C15H21NO6S. The van der Waals surface area contributed by atoms with Crippen LogP contribution in [0.3, 0.4) is 0 Å². The number of hydrogen-bond acceptors (Lipinski definition) is 5. The summed E-state index contributed by atoms with van der Waals surface area (Å²) in [6, 6.07) is 5.34. The fourth-order valence-electron chi connectivity index (χ4n) is 1.89. The lowest BCUT2D eigenvalue weighted by molar-refractivity contribution is -0.141. The van der Waals surface area contributed by atoms with Gasteiger partial charge in [-0.05, 0) is 38.3 Å². The summed E-state index contributed by atoms with van der Waals surface area (Å²) in [6.07, 6.45) is 0.998. The Morgan fingerprint density at radius 3 is 2.35 bits per heavy atom. The summed E-state index contributed by atoms with van der Waals surface area (Å²) in [5.41, 5.74) is 0.946. The largest absolute Gasteiger partial charge is 0.480 e. The van der Waals surface area contributed by atoms with Crippen LogP contribution in [0.5, 0.6) is 0 Å². The molecule has 0 bridgehead atoms. The molecule has 7 nitrogen and oxygen atoms in total. The quantitative estimate of drug-likeness (QED) is 0.519. The molecule has 0 radical (unpaired) electrons. The third-order valence-corrected chi connectivity index (χ3v) is 4.44. The third kappa shape index (κ3) is 6.79. The minimum Gasteiger partial charge on any atom is -0.480 e. The number of carboxylic acids is 1. The van der Waals surface area contributed by atoms with E-state index in [0.29, 0.717) is 12.8 Å². The molecule has 0 aromatic heterocycles. The van der Waals surface area contributed by atoms with Gasteiger partial charge in [0.25, 0.3) is 10.1 Å². The molecule has 1 atom stereocenters. The number of carbonyl (C=O) groups is 2. The number of unbranched alkanes of at least 4 members (excludes halogenated alkanes) is 1. The van der Waals surface area contributed by atoms with Gasteiger partial charge in [0.15, 0.2) is 0 Å². The number of rotatable bonds is 9. The first-order valence-corrected chi connectivity index (χ1v) is 8.59. The van der Waals surface area contributed by atoms with Crippen LogP contribution >= 0.6 is 0 Å². The summed E-state index contributed by atoms with van der Waals surface area (Å²) in [5.74, 6) is -1.54. The van der Waals surface area contributed by atoms with Gasteiger partial charge in [-0.2, -0.15) is 8.42 Å². The van der Waals surface area contributed by atoms with E-state index in [0.717, 1.165) is 5.56 Å². The Morgan fingerprint density at radius 2 is 1.83 bits per heavy atom. The van der Waals surface area contributed by atoms with Crippen LogP contribution in [0.15, 0.2) is 29.2 Å². The highest BCUT2D eigenvalue weighted by Crippen LogP contribution is 2.14. The fraction of sp³-hybridized carbons (Fsp3) is 0.467. The van der Waals surface area contributed by atoms with Gasteiger partial charge in [-0.15, -0.1) is 0 Å². The zero-order chi connectivity index (χ0) is 17.5. The minimum absolute atomic E-state index is 0.0391. The number of hydrogen-bond donors (Lipinski definition) is 2. The van der Waals surface area contributed by atoms with Crippen molar-refractivity contribution in [3.05, 3.63) is 29.8 Å². The molecule has 23 heavy (non-hydrogen) atoms. The average Bonchev–Trinajstić information content (AvgIpc) is 2.45. The van der Waals surface area contributed by atoms with Gasteiger partial charge < -0.3 is 10.4 Å². The second kappa shape index (κ2) is 8.64. The van der Waals surface area contributed by atoms with E-state index in [1.54, 1.807) is 12.1 Å². The van der Waals surface area contributed by atoms with E-state index in [1.807, 2.05) is 6.92 Å². The van der Waals surface area contributed by atoms with Crippen LogP contribution < -0.4 is 5.32 Å². The van der Waals surface area contributed by atoms with Crippen LogP contribution in [0.4, 0.5) is 0 Å². The van der Waals surface area contributed by atoms with Gasteiger partial charge in [0.1, 0.15) is 6.04 Å². The molecule has 1 amide bonds. The molecule has 0 fully saturated rings. The van der Waals surface area contributed by atoms with Crippen molar-refractivity contribution in [3.8, 4) is 0 Å². The molecule has 0 aliphatic carbocycles. The van der Waals surface area contributed by atoms with Crippen molar-refractivity contribution in [1.29, 1.82) is 0 Å². The van der Waals surface area contributed by atoms with Crippen molar-refractivity contribution < 1.29 is 27.3 Å². The first-order valence-electron chi connectivity index (χ1n) is 7.18. The zero-order valence-electron chi connectivity index (χ0n) is 13.1. The molecule has 0 saturated heterocycles. The molecule has 0 heterocycles. The molecule has 1 aromatic rings. The van der Waals surface area contributed by atoms with E-state index in [9.17, 15) is 18.0 Å². The fourth-order valence-corrected chi connectivity index (χ4v) is 2.84.